The summed E-state index contributed by atoms with van der Waals surface area (Å²) < 4.78 is 31.1. The molecule has 168 valence electrons. The number of carbonyl (C=O) groups is 3. The highest BCUT2D eigenvalue weighted by Crippen LogP contribution is 2.37. The largest absolute Gasteiger partial charge is 0.378 e. The summed E-state index contributed by atoms with van der Waals surface area (Å²) >= 11 is 6.46. The van der Waals surface area contributed by atoms with Crippen molar-refractivity contribution in [3.05, 3.63) is 76.2 Å². The number of fused-ring (bicyclic) bond motifs is 1. The Bertz CT molecular complexity index is 1440. The molecule has 1 fully saturated rings. The molecule has 1 aliphatic heterocycles. The Balaban J connectivity index is 1.81. The number of rotatable bonds is 6. The number of benzene rings is 3. The molecule has 33 heavy (non-hydrogen) atoms. The van der Waals surface area contributed by atoms with E-state index in [9.17, 15) is 22.8 Å². The van der Waals surface area contributed by atoms with Crippen molar-refractivity contribution in [1.29, 1.82) is 0 Å². The van der Waals surface area contributed by atoms with E-state index in [0.717, 1.165) is 10.3 Å². The second-order valence-electron chi connectivity index (χ2n) is 6.92. The maximum absolute atomic E-state index is 12.9. The van der Waals surface area contributed by atoms with E-state index in [1.807, 2.05) is 6.07 Å². The molecule has 0 unspecified atom stereocenters. The van der Waals surface area contributed by atoms with Crippen molar-refractivity contribution in [3.63, 3.8) is 0 Å². The Labute approximate surface area is 198 Å². The summed E-state index contributed by atoms with van der Waals surface area (Å²) in [7, 11) is -4.22. The van der Waals surface area contributed by atoms with Crippen LogP contribution in [0, 0.1) is 0 Å². The number of imide groups is 1. The van der Waals surface area contributed by atoms with E-state index in [-0.39, 0.29) is 21.1 Å². The molecule has 3 aromatic carbocycles. The quantitative estimate of drug-likeness (QED) is 0.401. The minimum atomic E-state index is -4.22. The average Bonchev–Trinajstić information content (AvgIpc) is 3.02. The molecule has 0 atom stereocenters. The summed E-state index contributed by atoms with van der Waals surface area (Å²) in [6.07, 6.45) is 1.38. The summed E-state index contributed by atoms with van der Waals surface area (Å²) in [6, 6.07) is 15.7. The van der Waals surface area contributed by atoms with E-state index in [4.69, 9.17) is 21.5 Å². The summed E-state index contributed by atoms with van der Waals surface area (Å²) in [5.41, 5.74) is 5.41. The number of amides is 3. The van der Waals surface area contributed by atoms with Gasteiger partial charge in [-0.05, 0) is 58.9 Å². The first-order valence-electron chi connectivity index (χ1n) is 9.41. The molecule has 1 aliphatic rings. The van der Waals surface area contributed by atoms with Gasteiger partial charge in [0.15, 0.2) is 5.75 Å². The van der Waals surface area contributed by atoms with Gasteiger partial charge in [-0.3, -0.25) is 19.3 Å². The number of hydrogen-bond acceptors (Lipinski definition) is 7. The average molecular weight is 503 g/mol. The van der Waals surface area contributed by atoms with Gasteiger partial charge in [-0.25, -0.2) is 0 Å². The summed E-state index contributed by atoms with van der Waals surface area (Å²) in [5.74, 6) is -1.57. The fourth-order valence-electron chi connectivity index (χ4n) is 3.19. The second-order valence-corrected chi connectivity index (χ2v) is 9.90. The van der Waals surface area contributed by atoms with Crippen molar-refractivity contribution < 1.29 is 27.0 Å². The van der Waals surface area contributed by atoms with Gasteiger partial charge in [-0.1, -0.05) is 41.9 Å². The first-order valence-corrected chi connectivity index (χ1v) is 12.0. The van der Waals surface area contributed by atoms with Crippen LogP contribution in [0.1, 0.15) is 5.56 Å². The second kappa shape index (κ2) is 8.89. The van der Waals surface area contributed by atoms with Crippen LogP contribution < -0.4 is 9.92 Å². The lowest BCUT2D eigenvalue weighted by Gasteiger charge is -2.13. The van der Waals surface area contributed by atoms with Gasteiger partial charge in [0, 0.05) is 10.6 Å². The van der Waals surface area contributed by atoms with Gasteiger partial charge in [0.1, 0.15) is 11.4 Å². The normalized spacial score (nSPS) is 15.4. The number of carbonyl (C=O) groups excluding carboxylic acids is 3. The Kier molecular flexibility index (Phi) is 6.15. The summed E-state index contributed by atoms with van der Waals surface area (Å²) in [5, 5.41) is 1.08. The zero-order valence-electron chi connectivity index (χ0n) is 16.7. The number of primary amides is 1. The number of nitrogens with zero attached hydrogens (tertiary/aromatic N) is 1. The van der Waals surface area contributed by atoms with Gasteiger partial charge in [0.2, 0.25) is 5.91 Å². The number of thioether (sulfide) groups is 1. The number of halogens is 1. The predicted molar refractivity (Wildman–Crippen MR) is 125 cm³/mol. The first kappa shape index (κ1) is 22.8. The Morgan fingerprint density at radius 3 is 2.45 bits per heavy atom. The number of nitrogens with two attached hydrogens (primary N) is 1. The van der Waals surface area contributed by atoms with Crippen LogP contribution in [0.25, 0.3) is 16.8 Å². The van der Waals surface area contributed by atoms with Crippen molar-refractivity contribution >= 4 is 67.4 Å². The fraction of sp³-hybridized carbons (Fsp3) is 0.0455. The summed E-state index contributed by atoms with van der Waals surface area (Å²) in [4.78, 5) is 36.7. The van der Waals surface area contributed by atoms with Crippen molar-refractivity contribution in [2.75, 3.05) is 6.54 Å². The van der Waals surface area contributed by atoms with Gasteiger partial charge in [0.25, 0.3) is 11.1 Å². The van der Waals surface area contributed by atoms with E-state index >= 15 is 0 Å². The molecule has 1 saturated heterocycles. The molecule has 3 amide bonds. The fourth-order valence-corrected chi connectivity index (χ4v) is 5.08. The van der Waals surface area contributed by atoms with Crippen LogP contribution in [0.3, 0.4) is 0 Å². The number of hydrogen-bond donors (Lipinski definition) is 1. The van der Waals surface area contributed by atoms with E-state index in [1.165, 1.54) is 36.4 Å². The third-order valence-electron chi connectivity index (χ3n) is 4.70. The predicted octanol–water partition coefficient (Wildman–Crippen LogP) is 3.78. The SMILES string of the molecule is NC(=O)CN1C(=O)S/C(=C\c2c(OS(=O)(=O)c3ccc(Cl)cc3)ccc3ccccc23)C1=O. The molecule has 4 rings (SSSR count). The standard InChI is InChI=1S/C22H15ClN2O6S2/c23-14-6-8-15(9-7-14)33(29,30)31-18-10-5-13-3-1-2-4-16(13)17(18)11-19-21(27)25(12-20(24)26)22(28)32-19/h1-11H,12H2,(H2,24,26)/b19-11-. The first-order chi connectivity index (χ1) is 15.7. The molecule has 3 aromatic rings. The maximum atomic E-state index is 12.9. The Hall–Kier alpha value is -3.34. The van der Waals surface area contributed by atoms with E-state index in [2.05, 4.69) is 0 Å². The van der Waals surface area contributed by atoms with Crippen LogP contribution in [0.15, 0.2) is 70.5 Å². The van der Waals surface area contributed by atoms with Crippen molar-refractivity contribution in [3.8, 4) is 5.75 Å². The van der Waals surface area contributed by atoms with Crippen LogP contribution >= 0.6 is 23.4 Å². The minimum Gasteiger partial charge on any atom is -0.378 e. The van der Waals surface area contributed by atoms with Crippen LogP contribution in [-0.4, -0.2) is 36.9 Å². The van der Waals surface area contributed by atoms with E-state index in [1.54, 1.807) is 24.3 Å². The molecule has 0 aliphatic carbocycles. The molecule has 0 spiro atoms. The van der Waals surface area contributed by atoms with Crippen molar-refractivity contribution in [2.24, 2.45) is 5.73 Å². The van der Waals surface area contributed by atoms with Crippen LogP contribution in [0.5, 0.6) is 5.75 Å². The Morgan fingerprint density at radius 2 is 1.76 bits per heavy atom. The Morgan fingerprint density at radius 1 is 1.06 bits per heavy atom. The van der Waals surface area contributed by atoms with Crippen LogP contribution in [-0.2, 0) is 19.7 Å². The van der Waals surface area contributed by atoms with Gasteiger partial charge in [0.05, 0.1) is 4.91 Å². The zero-order chi connectivity index (χ0) is 23.8. The highest BCUT2D eigenvalue weighted by atomic mass is 35.5. The molecule has 2 N–H and O–H groups in total. The van der Waals surface area contributed by atoms with Gasteiger partial charge < -0.3 is 9.92 Å². The van der Waals surface area contributed by atoms with Gasteiger partial charge in [-0.15, -0.1) is 0 Å². The molecule has 0 saturated carbocycles. The lowest BCUT2D eigenvalue weighted by atomic mass is 10.0. The highest BCUT2D eigenvalue weighted by Gasteiger charge is 2.36. The van der Waals surface area contributed by atoms with Gasteiger partial charge >= 0.3 is 10.1 Å². The van der Waals surface area contributed by atoms with Crippen molar-refractivity contribution in [1.82, 2.24) is 4.90 Å². The van der Waals surface area contributed by atoms with E-state index in [0.29, 0.717) is 22.2 Å². The topological polar surface area (TPSA) is 124 Å². The molecular formula is C22H15ClN2O6S2. The third-order valence-corrected chi connectivity index (χ3v) is 7.10. The van der Waals surface area contributed by atoms with Gasteiger partial charge in [-0.2, -0.15) is 8.42 Å². The molecule has 8 nitrogen and oxygen atoms in total. The van der Waals surface area contributed by atoms with Crippen LogP contribution in [0.2, 0.25) is 5.02 Å². The van der Waals surface area contributed by atoms with E-state index < -0.39 is 33.7 Å². The zero-order valence-corrected chi connectivity index (χ0v) is 19.1. The monoisotopic (exact) mass is 502 g/mol. The molecule has 0 radical (unpaired) electrons. The maximum Gasteiger partial charge on any atom is 0.339 e. The van der Waals surface area contributed by atoms with Crippen molar-refractivity contribution in [2.45, 2.75) is 4.90 Å². The third kappa shape index (κ3) is 4.72. The summed E-state index contributed by atoms with van der Waals surface area (Å²) in [6.45, 7) is -0.550. The molecule has 0 aromatic heterocycles. The smallest absolute Gasteiger partial charge is 0.339 e. The minimum absolute atomic E-state index is 0.00587. The van der Waals surface area contributed by atoms with Crippen LogP contribution in [0.4, 0.5) is 4.79 Å². The highest BCUT2D eigenvalue weighted by molar-refractivity contribution is 8.18. The lowest BCUT2D eigenvalue weighted by Crippen LogP contribution is -2.36. The lowest BCUT2D eigenvalue weighted by molar-refractivity contribution is -0.127. The molecular weight excluding hydrogens is 488 g/mol. The molecule has 11 heteroatoms. The molecule has 1 heterocycles. The molecule has 0 bridgehead atoms.